The fourth-order valence-electron chi connectivity index (χ4n) is 2.70. The number of carbonyl (C=O) groups excluding carboxylic acids is 2. The van der Waals surface area contributed by atoms with E-state index >= 15 is 0 Å². The molecule has 2 rings (SSSR count). The number of amides is 2. The normalized spacial score (nSPS) is 10.2. The molecule has 0 saturated heterocycles. The molecular formula is C21H26N2O4. The fraction of sp³-hybridized carbons (Fsp3) is 0.333. The van der Waals surface area contributed by atoms with Gasteiger partial charge in [0.05, 0.1) is 13.7 Å². The van der Waals surface area contributed by atoms with Crippen LogP contribution in [0.25, 0.3) is 0 Å². The number of benzene rings is 2. The van der Waals surface area contributed by atoms with E-state index in [1.165, 1.54) is 4.90 Å². The van der Waals surface area contributed by atoms with Crippen LogP contribution in [0.1, 0.15) is 18.1 Å². The lowest BCUT2D eigenvalue weighted by atomic mass is 10.1. The summed E-state index contributed by atoms with van der Waals surface area (Å²) in [5.74, 6) is 0.790. The summed E-state index contributed by atoms with van der Waals surface area (Å²) in [7, 11) is 1.56. The maximum atomic E-state index is 12.4. The lowest BCUT2D eigenvalue weighted by Crippen LogP contribution is -2.40. The fourth-order valence-corrected chi connectivity index (χ4v) is 2.70. The van der Waals surface area contributed by atoms with Crippen molar-refractivity contribution in [2.75, 3.05) is 32.1 Å². The van der Waals surface area contributed by atoms with Crippen LogP contribution in [0.5, 0.6) is 11.5 Å². The Morgan fingerprint density at radius 2 is 1.74 bits per heavy atom. The molecule has 6 nitrogen and oxygen atoms in total. The first kappa shape index (κ1) is 20.3. The molecule has 0 aliphatic carbocycles. The summed E-state index contributed by atoms with van der Waals surface area (Å²) in [4.78, 5) is 26.1. The van der Waals surface area contributed by atoms with Crippen LogP contribution in [0.2, 0.25) is 0 Å². The van der Waals surface area contributed by atoms with Crippen molar-refractivity contribution in [2.24, 2.45) is 0 Å². The third-order valence-electron chi connectivity index (χ3n) is 3.98. The highest BCUT2D eigenvalue weighted by Crippen LogP contribution is 2.17. The lowest BCUT2D eigenvalue weighted by Gasteiger charge is -2.20. The van der Waals surface area contributed by atoms with Gasteiger partial charge in [0, 0.05) is 18.3 Å². The molecule has 2 aromatic rings. The molecule has 0 fully saturated rings. The van der Waals surface area contributed by atoms with Crippen LogP contribution < -0.4 is 14.8 Å². The Morgan fingerprint density at radius 3 is 2.37 bits per heavy atom. The molecule has 2 aromatic carbocycles. The summed E-state index contributed by atoms with van der Waals surface area (Å²) in [6.45, 7) is 6.05. The van der Waals surface area contributed by atoms with Gasteiger partial charge in [0.15, 0.2) is 6.61 Å². The number of rotatable bonds is 8. The van der Waals surface area contributed by atoms with Crippen LogP contribution in [0.4, 0.5) is 5.69 Å². The number of hydrogen-bond donors (Lipinski definition) is 1. The van der Waals surface area contributed by atoms with E-state index in [2.05, 4.69) is 5.32 Å². The van der Waals surface area contributed by atoms with E-state index in [9.17, 15) is 9.59 Å². The first-order valence-electron chi connectivity index (χ1n) is 8.84. The number of carbonyl (C=O) groups is 2. The maximum absolute atomic E-state index is 12.4. The zero-order chi connectivity index (χ0) is 19.8. The Labute approximate surface area is 160 Å². The molecule has 0 aliphatic rings. The first-order chi connectivity index (χ1) is 12.9. The molecule has 27 heavy (non-hydrogen) atoms. The second kappa shape index (κ2) is 9.62. The van der Waals surface area contributed by atoms with Gasteiger partial charge in [0.2, 0.25) is 5.91 Å². The highest BCUT2D eigenvalue weighted by Gasteiger charge is 2.16. The van der Waals surface area contributed by atoms with E-state index in [0.717, 1.165) is 11.1 Å². The van der Waals surface area contributed by atoms with Gasteiger partial charge in [-0.3, -0.25) is 9.59 Å². The average molecular weight is 370 g/mol. The van der Waals surface area contributed by atoms with Gasteiger partial charge in [-0.1, -0.05) is 12.1 Å². The summed E-state index contributed by atoms with van der Waals surface area (Å²) in [5, 5.41) is 2.77. The van der Waals surface area contributed by atoms with Gasteiger partial charge in [0.25, 0.3) is 5.91 Å². The smallest absolute Gasteiger partial charge is 0.260 e. The van der Waals surface area contributed by atoms with Gasteiger partial charge in [0.1, 0.15) is 11.5 Å². The van der Waals surface area contributed by atoms with Crippen LogP contribution >= 0.6 is 0 Å². The standard InChI is InChI=1S/C21H26N2O4/c1-5-23(13-20(24)22-17-7-6-8-18(12-17)26-4)21(25)14-27-19-10-15(2)9-16(3)11-19/h6-12H,5,13-14H2,1-4H3,(H,22,24). The minimum absolute atomic E-state index is 0.0389. The molecule has 2 amide bonds. The van der Waals surface area contributed by atoms with Crippen molar-refractivity contribution in [3.63, 3.8) is 0 Å². The van der Waals surface area contributed by atoms with E-state index in [0.29, 0.717) is 23.7 Å². The third-order valence-corrected chi connectivity index (χ3v) is 3.98. The molecule has 0 aliphatic heterocycles. The van der Waals surface area contributed by atoms with Gasteiger partial charge >= 0.3 is 0 Å². The van der Waals surface area contributed by atoms with E-state index < -0.39 is 0 Å². The van der Waals surface area contributed by atoms with Crippen molar-refractivity contribution in [3.8, 4) is 11.5 Å². The van der Waals surface area contributed by atoms with Crippen LogP contribution in [0, 0.1) is 13.8 Å². The molecule has 0 unspecified atom stereocenters. The minimum Gasteiger partial charge on any atom is -0.497 e. The summed E-state index contributed by atoms with van der Waals surface area (Å²) < 4.78 is 10.7. The van der Waals surface area contributed by atoms with Gasteiger partial charge < -0.3 is 19.7 Å². The Balaban J connectivity index is 1.90. The van der Waals surface area contributed by atoms with Crippen molar-refractivity contribution in [1.29, 1.82) is 0 Å². The SMILES string of the molecule is CCN(CC(=O)Nc1cccc(OC)c1)C(=O)COc1cc(C)cc(C)c1. The molecule has 0 radical (unpaired) electrons. The molecule has 0 bridgehead atoms. The topological polar surface area (TPSA) is 67.9 Å². The number of anilines is 1. The highest BCUT2D eigenvalue weighted by molar-refractivity contribution is 5.94. The molecule has 0 heterocycles. The molecule has 6 heteroatoms. The molecule has 0 aromatic heterocycles. The number of hydrogen-bond acceptors (Lipinski definition) is 4. The monoisotopic (exact) mass is 370 g/mol. The van der Waals surface area contributed by atoms with Crippen LogP contribution in [-0.4, -0.2) is 43.5 Å². The molecule has 0 atom stereocenters. The van der Waals surface area contributed by atoms with Crippen molar-refractivity contribution >= 4 is 17.5 Å². The quantitative estimate of drug-likeness (QED) is 0.775. The lowest BCUT2D eigenvalue weighted by molar-refractivity contribution is -0.136. The maximum Gasteiger partial charge on any atom is 0.260 e. The number of likely N-dealkylation sites (N-methyl/N-ethyl adjacent to an activating group) is 1. The summed E-state index contributed by atoms with van der Waals surface area (Å²) >= 11 is 0. The van der Waals surface area contributed by atoms with Crippen molar-refractivity contribution in [2.45, 2.75) is 20.8 Å². The van der Waals surface area contributed by atoms with Crippen LogP contribution in [0.3, 0.4) is 0 Å². The van der Waals surface area contributed by atoms with Crippen LogP contribution in [-0.2, 0) is 9.59 Å². The largest absolute Gasteiger partial charge is 0.497 e. The summed E-state index contributed by atoms with van der Waals surface area (Å²) in [6, 6.07) is 12.9. The van der Waals surface area contributed by atoms with Gasteiger partial charge in [-0.2, -0.15) is 0 Å². The van der Waals surface area contributed by atoms with E-state index in [1.807, 2.05) is 39.0 Å². The Kier molecular flexibility index (Phi) is 7.23. The number of aryl methyl sites for hydroxylation is 2. The molecular weight excluding hydrogens is 344 g/mol. The van der Waals surface area contributed by atoms with E-state index in [1.54, 1.807) is 31.4 Å². The number of methoxy groups -OCH3 is 1. The van der Waals surface area contributed by atoms with Crippen molar-refractivity contribution < 1.29 is 19.1 Å². The third kappa shape index (κ3) is 6.33. The molecule has 1 N–H and O–H groups in total. The zero-order valence-electron chi connectivity index (χ0n) is 16.2. The number of nitrogens with one attached hydrogen (secondary N) is 1. The summed E-state index contributed by atoms with van der Waals surface area (Å²) in [5.41, 5.74) is 2.76. The predicted molar refractivity (Wildman–Crippen MR) is 105 cm³/mol. The van der Waals surface area contributed by atoms with Gasteiger partial charge in [-0.05, 0) is 56.2 Å². The van der Waals surface area contributed by atoms with E-state index in [-0.39, 0.29) is 25.0 Å². The van der Waals surface area contributed by atoms with Gasteiger partial charge in [-0.25, -0.2) is 0 Å². The second-order valence-corrected chi connectivity index (χ2v) is 6.30. The Morgan fingerprint density at radius 1 is 1.04 bits per heavy atom. The van der Waals surface area contributed by atoms with E-state index in [4.69, 9.17) is 9.47 Å². The molecule has 0 spiro atoms. The predicted octanol–water partition coefficient (Wildman–Crippen LogP) is 3.18. The first-order valence-corrected chi connectivity index (χ1v) is 8.84. The van der Waals surface area contributed by atoms with Gasteiger partial charge in [-0.15, -0.1) is 0 Å². The highest BCUT2D eigenvalue weighted by atomic mass is 16.5. The average Bonchev–Trinajstić information content (AvgIpc) is 2.63. The number of nitrogens with zero attached hydrogens (tertiary/aromatic N) is 1. The summed E-state index contributed by atoms with van der Waals surface area (Å²) in [6.07, 6.45) is 0. The van der Waals surface area contributed by atoms with Crippen LogP contribution in [0.15, 0.2) is 42.5 Å². The molecule has 144 valence electrons. The van der Waals surface area contributed by atoms with Crippen molar-refractivity contribution in [1.82, 2.24) is 4.90 Å². The molecule has 0 saturated carbocycles. The Bertz CT molecular complexity index is 784. The zero-order valence-corrected chi connectivity index (χ0v) is 16.2. The second-order valence-electron chi connectivity index (χ2n) is 6.30. The Hall–Kier alpha value is -3.02. The van der Waals surface area contributed by atoms with Crippen molar-refractivity contribution in [3.05, 3.63) is 53.6 Å². The number of ether oxygens (including phenoxy) is 2. The minimum atomic E-state index is -0.273.